The molecule has 4 atom stereocenters. The predicted octanol–water partition coefficient (Wildman–Crippen LogP) is 6.27. The van der Waals surface area contributed by atoms with Crippen molar-refractivity contribution in [2.75, 3.05) is 26.7 Å². The van der Waals surface area contributed by atoms with Crippen LogP contribution < -0.4 is 4.74 Å². The van der Waals surface area contributed by atoms with Crippen LogP contribution in [0.15, 0.2) is 42.5 Å². The molecule has 0 aliphatic carbocycles. The molecule has 0 saturated carbocycles. The van der Waals surface area contributed by atoms with Gasteiger partial charge in [0.15, 0.2) is 0 Å². The number of likely N-dealkylation sites (tertiary alicyclic amines) is 1. The van der Waals surface area contributed by atoms with Crippen LogP contribution in [0.3, 0.4) is 0 Å². The molecule has 1 fully saturated rings. The van der Waals surface area contributed by atoms with Gasteiger partial charge in [0, 0.05) is 18.2 Å². The molecule has 0 radical (unpaired) electrons. The quantitative estimate of drug-likeness (QED) is 0.180. The van der Waals surface area contributed by atoms with E-state index in [1.165, 1.54) is 23.1 Å². The second kappa shape index (κ2) is 15.0. The Morgan fingerprint density at radius 2 is 1.63 bits per heavy atom. The van der Waals surface area contributed by atoms with Crippen molar-refractivity contribution in [3.8, 4) is 16.9 Å². The van der Waals surface area contributed by atoms with Gasteiger partial charge < -0.3 is 24.0 Å². The lowest BCUT2D eigenvalue weighted by Crippen LogP contribution is -2.52. The highest BCUT2D eigenvalue weighted by atomic mass is 32.2. The van der Waals surface area contributed by atoms with E-state index < -0.39 is 78.2 Å². The SMILES string of the molecule is CN(CCOc1ccccc1-c1cccc(CC2C(N(C(F)F)S(=O)O)C(F)CN2C(=O)OC(C)(C)C)c1F)C(=O)OC(C)(C)C. The summed E-state index contributed by atoms with van der Waals surface area (Å²) in [5, 5.41) is 0. The summed E-state index contributed by atoms with van der Waals surface area (Å²) in [7, 11) is 1.55. The first-order valence-electron chi connectivity index (χ1n) is 14.6. The highest BCUT2D eigenvalue weighted by Crippen LogP contribution is 2.36. The van der Waals surface area contributed by atoms with E-state index in [1.54, 1.807) is 72.9 Å². The molecule has 256 valence electrons. The highest BCUT2D eigenvalue weighted by molar-refractivity contribution is 7.76. The molecule has 2 aromatic carbocycles. The van der Waals surface area contributed by atoms with Gasteiger partial charge in [-0.25, -0.2) is 22.6 Å². The van der Waals surface area contributed by atoms with E-state index in [0.29, 0.717) is 5.56 Å². The van der Waals surface area contributed by atoms with E-state index in [4.69, 9.17) is 14.2 Å². The maximum Gasteiger partial charge on any atom is 0.410 e. The highest BCUT2D eigenvalue weighted by Gasteiger charge is 2.52. The fourth-order valence-corrected chi connectivity index (χ4v) is 5.58. The van der Waals surface area contributed by atoms with Gasteiger partial charge in [-0.2, -0.15) is 8.78 Å². The number of carbonyl (C=O) groups excluding carboxylic acids is 2. The van der Waals surface area contributed by atoms with Gasteiger partial charge in [0.05, 0.1) is 25.2 Å². The van der Waals surface area contributed by atoms with Gasteiger partial charge in [-0.15, -0.1) is 4.31 Å². The maximum atomic E-state index is 16.2. The van der Waals surface area contributed by atoms with E-state index in [2.05, 4.69) is 0 Å². The lowest BCUT2D eigenvalue weighted by atomic mass is 9.95. The average molecular weight is 676 g/mol. The smallest absolute Gasteiger partial charge is 0.410 e. The summed E-state index contributed by atoms with van der Waals surface area (Å²) in [5.74, 6) is -0.503. The maximum absolute atomic E-state index is 16.2. The number of hydrogen-bond donors (Lipinski definition) is 1. The van der Waals surface area contributed by atoms with Gasteiger partial charge in [0.2, 0.25) is 11.3 Å². The number of halogens is 4. The van der Waals surface area contributed by atoms with Crippen LogP contribution in [0.1, 0.15) is 47.1 Å². The van der Waals surface area contributed by atoms with Gasteiger partial charge in [-0.3, -0.25) is 4.55 Å². The summed E-state index contributed by atoms with van der Waals surface area (Å²) in [6, 6.07) is 7.44. The van der Waals surface area contributed by atoms with Crippen LogP contribution in [0, 0.1) is 5.82 Å². The third-order valence-corrected chi connectivity index (χ3v) is 7.67. The van der Waals surface area contributed by atoms with Crippen molar-refractivity contribution in [3.63, 3.8) is 0 Å². The third-order valence-electron chi connectivity index (χ3n) is 6.91. The second-order valence-electron chi connectivity index (χ2n) is 12.8. The molecule has 1 heterocycles. The zero-order chi connectivity index (χ0) is 34.6. The molecule has 46 heavy (non-hydrogen) atoms. The summed E-state index contributed by atoms with van der Waals surface area (Å²) in [6.45, 7) is 5.86. The Bertz CT molecular complexity index is 1400. The van der Waals surface area contributed by atoms with Crippen molar-refractivity contribution in [2.24, 2.45) is 0 Å². The first kappa shape index (κ1) is 37.0. The van der Waals surface area contributed by atoms with Crippen LogP contribution in [0.4, 0.5) is 27.2 Å². The van der Waals surface area contributed by atoms with Crippen LogP contribution in [-0.2, 0) is 27.2 Å². The van der Waals surface area contributed by atoms with Gasteiger partial charge >= 0.3 is 18.7 Å². The van der Waals surface area contributed by atoms with Gasteiger partial charge in [-0.05, 0) is 59.6 Å². The monoisotopic (exact) mass is 675 g/mol. The minimum absolute atomic E-state index is 0.0440. The molecule has 1 aliphatic rings. The molecule has 0 spiro atoms. The third kappa shape index (κ3) is 9.55. The molecule has 3 rings (SSSR count). The molecule has 2 amide bonds. The van der Waals surface area contributed by atoms with E-state index >= 15 is 8.78 Å². The average Bonchev–Trinajstić information content (AvgIpc) is 3.23. The van der Waals surface area contributed by atoms with Crippen LogP contribution >= 0.6 is 0 Å². The molecule has 15 heteroatoms. The first-order valence-corrected chi connectivity index (χ1v) is 15.6. The number of rotatable bonds is 10. The Morgan fingerprint density at radius 1 is 1.02 bits per heavy atom. The van der Waals surface area contributed by atoms with E-state index in [0.717, 1.165) is 4.90 Å². The number of likely N-dealkylation sites (N-methyl/N-ethyl adjacent to an activating group) is 1. The summed E-state index contributed by atoms with van der Waals surface area (Å²) in [4.78, 5) is 27.5. The van der Waals surface area contributed by atoms with Crippen molar-refractivity contribution in [1.29, 1.82) is 0 Å². The predicted molar refractivity (Wildman–Crippen MR) is 164 cm³/mol. The lowest BCUT2D eigenvalue weighted by Gasteiger charge is -2.33. The summed E-state index contributed by atoms with van der Waals surface area (Å²) < 4.78 is 97.3. The minimum Gasteiger partial charge on any atom is -0.491 e. The second-order valence-corrected chi connectivity index (χ2v) is 13.7. The van der Waals surface area contributed by atoms with Crippen molar-refractivity contribution < 1.29 is 50.1 Å². The van der Waals surface area contributed by atoms with Crippen molar-refractivity contribution in [2.45, 2.75) is 84.0 Å². The molecular formula is C31H41F4N3O7S. The molecule has 4 unspecified atom stereocenters. The number of amides is 2. The number of hydrogen-bond acceptors (Lipinski definition) is 6. The number of alkyl halides is 3. The molecule has 10 nitrogen and oxygen atoms in total. The summed E-state index contributed by atoms with van der Waals surface area (Å²) in [6.07, 6.45) is -4.22. The summed E-state index contributed by atoms with van der Waals surface area (Å²) >= 11 is -3.31. The molecule has 1 saturated heterocycles. The molecule has 0 aromatic heterocycles. The Morgan fingerprint density at radius 3 is 2.22 bits per heavy atom. The fourth-order valence-electron chi connectivity index (χ4n) is 4.96. The molecule has 1 aliphatic heterocycles. The van der Waals surface area contributed by atoms with Crippen LogP contribution in [0.2, 0.25) is 0 Å². The number of benzene rings is 2. The number of carbonyl (C=O) groups is 2. The van der Waals surface area contributed by atoms with E-state index in [-0.39, 0.29) is 34.3 Å². The van der Waals surface area contributed by atoms with Crippen molar-refractivity contribution in [1.82, 2.24) is 14.1 Å². The minimum atomic E-state index is -3.55. The van der Waals surface area contributed by atoms with Gasteiger partial charge in [-0.1, -0.05) is 36.4 Å². The van der Waals surface area contributed by atoms with Gasteiger partial charge in [0.1, 0.15) is 35.5 Å². The number of nitrogens with zero attached hydrogens (tertiary/aromatic N) is 3. The number of ether oxygens (including phenoxy) is 3. The lowest BCUT2D eigenvalue weighted by molar-refractivity contribution is -0.0171. The van der Waals surface area contributed by atoms with Crippen LogP contribution in [0.25, 0.3) is 11.1 Å². The molecule has 1 N–H and O–H groups in total. The van der Waals surface area contributed by atoms with Crippen LogP contribution in [-0.4, -0.2) is 97.8 Å². The Hall–Kier alpha value is -3.43. The molecule has 0 bridgehead atoms. The topological polar surface area (TPSA) is 109 Å². The molecule has 2 aromatic rings. The Labute approximate surface area is 269 Å². The van der Waals surface area contributed by atoms with Crippen molar-refractivity contribution in [3.05, 3.63) is 53.8 Å². The van der Waals surface area contributed by atoms with E-state index in [1.807, 2.05) is 0 Å². The number of para-hydroxylation sites is 1. The van der Waals surface area contributed by atoms with E-state index in [9.17, 15) is 27.1 Å². The zero-order valence-corrected chi connectivity index (χ0v) is 27.7. The van der Waals surface area contributed by atoms with Crippen LogP contribution in [0.5, 0.6) is 5.75 Å². The zero-order valence-electron chi connectivity index (χ0n) is 26.8. The Kier molecular flexibility index (Phi) is 12.1. The summed E-state index contributed by atoms with van der Waals surface area (Å²) in [5.41, 5.74) is -1.36. The normalized spacial score (nSPS) is 19.3. The van der Waals surface area contributed by atoms with Crippen molar-refractivity contribution >= 4 is 23.5 Å². The molecular weight excluding hydrogens is 634 g/mol. The van der Waals surface area contributed by atoms with Gasteiger partial charge in [0.25, 0.3) is 0 Å². The fraction of sp³-hybridized carbons (Fsp3) is 0.548. The standard InChI is InChI=1S/C31H41F4N3O7S/c1-30(2,3)44-28(39)36(7)15-16-43-24-14-9-8-12-20(24)21-13-10-11-19(25(21)33)17-23-26(38(27(34)35)46(41)42)22(32)18-37(23)29(40)45-31(4,5)6/h8-14,22-23,26-27H,15-18H2,1-7H3,(H,41,42). The first-order chi connectivity index (χ1) is 21.3. The largest absolute Gasteiger partial charge is 0.491 e. The Balaban J connectivity index is 1.93.